The minimum atomic E-state index is -0.729. The van der Waals surface area contributed by atoms with Crippen LogP contribution in [0.3, 0.4) is 0 Å². The van der Waals surface area contributed by atoms with Crippen molar-refractivity contribution >= 4 is 17.7 Å². The summed E-state index contributed by atoms with van der Waals surface area (Å²) in [6, 6.07) is -1.38. The molecule has 0 heterocycles. The van der Waals surface area contributed by atoms with Crippen molar-refractivity contribution < 1.29 is 14.4 Å². The molecule has 0 aliphatic rings. The smallest absolute Gasteiger partial charge is 0.243 e. The van der Waals surface area contributed by atoms with Crippen molar-refractivity contribution in [1.82, 2.24) is 10.6 Å². The molecule has 0 radical (unpaired) electrons. The number of primary amides is 1. The van der Waals surface area contributed by atoms with E-state index >= 15 is 0 Å². The standard InChI is InChI=1S/C13H25N3O3/c1-6-8(4)11(15-9(5)17)13(19)16-10(7(2)3)12(14)18/h7-8,10-11H,6H2,1-5H3,(H2,14,18)(H,15,17)(H,16,19)/t8-,10-,11-/m0/s1. The van der Waals surface area contributed by atoms with Crippen LogP contribution >= 0.6 is 0 Å². The maximum atomic E-state index is 12.2. The number of carbonyl (C=O) groups excluding carboxylic acids is 3. The molecule has 0 rings (SSSR count). The van der Waals surface area contributed by atoms with Gasteiger partial charge in [0.25, 0.3) is 0 Å². The van der Waals surface area contributed by atoms with Gasteiger partial charge in [0.15, 0.2) is 0 Å². The highest BCUT2D eigenvalue weighted by molar-refractivity contribution is 5.91. The lowest BCUT2D eigenvalue weighted by Crippen LogP contribution is -2.56. The summed E-state index contributed by atoms with van der Waals surface area (Å²) in [6.45, 7) is 8.75. The summed E-state index contributed by atoms with van der Waals surface area (Å²) in [7, 11) is 0. The average molecular weight is 271 g/mol. The Morgan fingerprint density at radius 1 is 1.05 bits per heavy atom. The second-order valence-corrected chi connectivity index (χ2v) is 5.20. The zero-order chi connectivity index (χ0) is 15.2. The van der Waals surface area contributed by atoms with Gasteiger partial charge in [-0.05, 0) is 11.8 Å². The predicted molar refractivity (Wildman–Crippen MR) is 73.0 cm³/mol. The van der Waals surface area contributed by atoms with Gasteiger partial charge >= 0.3 is 0 Å². The van der Waals surface area contributed by atoms with Crippen molar-refractivity contribution in [2.75, 3.05) is 0 Å². The van der Waals surface area contributed by atoms with Crippen molar-refractivity contribution in [2.24, 2.45) is 17.6 Å². The first-order valence-corrected chi connectivity index (χ1v) is 6.57. The lowest BCUT2D eigenvalue weighted by molar-refractivity contribution is -0.132. The van der Waals surface area contributed by atoms with Crippen LogP contribution < -0.4 is 16.4 Å². The first kappa shape index (κ1) is 17.4. The Labute approximate surface area is 114 Å². The summed E-state index contributed by atoms with van der Waals surface area (Å²) in [5.74, 6) is -1.35. The SMILES string of the molecule is CC[C@H](C)[C@H](NC(C)=O)C(=O)N[C@H](C(N)=O)C(C)C. The normalized spacial score (nSPS) is 15.5. The van der Waals surface area contributed by atoms with Gasteiger partial charge in [-0.3, -0.25) is 14.4 Å². The van der Waals surface area contributed by atoms with E-state index in [2.05, 4.69) is 10.6 Å². The van der Waals surface area contributed by atoms with Crippen LogP contribution in [0.5, 0.6) is 0 Å². The molecular formula is C13H25N3O3. The second kappa shape index (κ2) is 7.76. The predicted octanol–water partition coefficient (Wildman–Crippen LogP) is 0.163. The van der Waals surface area contributed by atoms with Gasteiger partial charge in [-0.1, -0.05) is 34.1 Å². The first-order chi connectivity index (χ1) is 8.70. The Bertz CT molecular complexity index is 342. The molecule has 0 spiro atoms. The molecule has 3 atom stereocenters. The van der Waals surface area contributed by atoms with Gasteiger partial charge < -0.3 is 16.4 Å². The number of nitrogens with two attached hydrogens (primary N) is 1. The third-order valence-corrected chi connectivity index (χ3v) is 3.13. The fraction of sp³-hybridized carbons (Fsp3) is 0.769. The molecule has 110 valence electrons. The Kier molecular flexibility index (Phi) is 7.11. The highest BCUT2D eigenvalue weighted by Gasteiger charge is 2.29. The molecule has 3 amide bonds. The van der Waals surface area contributed by atoms with E-state index < -0.39 is 18.0 Å². The van der Waals surface area contributed by atoms with E-state index in [0.29, 0.717) is 0 Å². The number of amides is 3. The van der Waals surface area contributed by atoms with Crippen LogP contribution in [-0.4, -0.2) is 29.8 Å². The fourth-order valence-electron chi connectivity index (χ4n) is 1.73. The lowest BCUT2D eigenvalue weighted by atomic mass is 9.96. The zero-order valence-corrected chi connectivity index (χ0v) is 12.3. The molecule has 0 saturated carbocycles. The molecule has 0 saturated heterocycles. The van der Waals surface area contributed by atoms with Gasteiger partial charge in [-0.15, -0.1) is 0 Å². The van der Waals surface area contributed by atoms with Gasteiger partial charge in [-0.2, -0.15) is 0 Å². The molecule has 0 aromatic heterocycles. The molecule has 0 aromatic carbocycles. The number of hydrogen-bond acceptors (Lipinski definition) is 3. The Balaban J connectivity index is 4.89. The van der Waals surface area contributed by atoms with E-state index in [9.17, 15) is 14.4 Å². The summed E-state index contributed by atoms with van der Waals surface area (Å²) in [5, 5.41) is 5.22. The average Bonchev–Trinajstić information content (AvgIpc) is 2.30. The monoisotopic (exact) mass is 271 g/mol. The van der Waals surface area contributed by atoms with Gasteiger partial charge in [-0.25, -0.2) is 0 Å². The number of nitrogens with one attached hydrogen (secondary N) is 2. The van der Waals surface area contributed by atoms with E-state index in [1.165, 1.54) is 6.92 Å². The molecule has 0 unspecified atom stereocenters. The lowest BCUT2D eigenvalue weighted by Gasteiger charge is -2.26. The third kappa shape index (κ3) is 5.72. The number of carbonyl (C=O) groups is 3. The van der Waals surface area contributed by atoms with E-state index in [-0.39, 0.29) is 23.7 Å². The van der Waals surface area contributed by atoms with Gasteiger partial charge in [0.1, 0.15) is 12.1 Å². The largest absolute Gasteiger partial charge is 0.368 e. The number of hydrogen-bond donors (Lipinski definition) is 3. The minimum absolute atomic E-state index is 0.0235. The molecule has 0 bridgehead atoms. The Morgan fingerprint density at radius 3 is 1.89 bits per heavy atom. The minimum Gasteiger partial charge on any atom is -0.368 e. The molecule has 4 N–H and O–H groups in total. The molecule has 19 heavy (non-hydrogen) atoms. The fourth-order valence-corrected chi connectivity index (χ4v) is 1.73. The summed E-state index contributed by atoms with van der Waals surface area (Å²) in [5.41, 5.74) is 5.25. The number of rotatable bonds is 7. The van der Waals surface area contributed by atoms with E-state index in [1.54, 1.807) is 13.8 Å². The summed E-state index contributed by atoms with van der Waals surface area (Å²) in [4.78, 5) is 34.6. The molecule has 0 aromatic rings. The maximum Gasteiger partial charge on any atom is 0.243 e. The van der Waals surface area contributed by atoms with Crippen LogP contribution in [0.2, 0.25) is 0 Å². The Morgan fingerprint density at radius 2 is 1.58 bits per heavy atom. The van der Waals surface area contributed by atoms with Crippen molar-refractivity contribution in [1.29, 1.82) is 0 Å². The van der Waals surface area contributed by atoms with Crippen LogP contribution in [0.1, 0.15) is 41.0 Å². The molecular weight excluding hydrogens is 246 g/mol. The van der Waals surface area contributed by atoms with Crippen molar-refractivity contribution in [3.8, 4) is 0 Å². The van der Waals surface area contributed by atoms with Crippen molar-refractivity contribution in [3.05, 3.63) is 0 Å². The molecule has 6 nitrogen and oxygen atoms in total. The van der Waals surface area contributed by atoms with Crippen LogP contribution in [0.15, 0.2) is 0 Å². The van der Waals surface area contributed by atoms with Crippen LogP contribution in [0.25, 0.3) is 0 Å². The van der Waals surface area contributed by atoms with Crippen LogP contribution in [0.4, 0.5) is 0 Å². The summed E-state index contributed by atoms with van der Waals surface area (Å²) < 4.78 is 0. The van der Waals surface area contributed by atoms with Gasteiger partial charge in [0.05, 0.1) is 0 Å². The Hall–Kier alpha value is -1.59. The zero-order valence-electron chi connectivity index (χ0n) is 12.3. The van der Waals surface area contributed by atoms with E-state index in [1.807, 2.05) is 13.8 Å². The molecule has 0 aliphatic carbocycles. The highest BCUT2D eigenvalue weighted by atomic mass is 16.2. The van der Waals surface area contributed by atoms with Crippen molar-refractivity contribution in [3.63, 3.8) is 0 Å². The molecule has 0 aliphatic heterocycles. The van der Waals surface area contributed by atoms with E-state index in [0.717, 1.165) is 6.42 Å². The van der Waals surface area contributed by atoms with Gasteiger partial charge in [0, 0.05) is 6.92 Å². The van der Waals surface area contributed by atoms with E-state index in [4.69, 9.17) is 5.73 Å². The third-order valence-electron chi connectivity index (χ3n) is 3.13. The maximum absolute atomic E-state index is 12.2. The summed E-state index contributed by atoms with van der Waals surface area (Å²) in [6.07, 6.45) is 0.737. The first-order valence-electron chi connectivity index (χ1n) is 6.57. The van der Waals surface area contributed by atoms with Crippen molar-refractivity contribution in [2.45, 2.75) is 53.1 Å². The quantitative estimate of drug-likeness (QED) is 0.615. The van der Waals surface area contributed by atoms with Crippen LogP contribution in [0, 0.1) is 11.8 Å². The van der Waals surface area contributed by atoms with Gasteiger partial charge in [0.2, 0.25) is 17.7 Å². The highest BCUT2D eigenvalue weighted by Crippen LogP contribution is 2.09. The topological polar surface area (TPSA) is 101 Å². The van der Waals surface area contributed by atoms with Crippen LogP contribution in [-0.2, 0) is 14.4 Å². The molecule has 6 heteroatoms. The summed E-state index contributed by atoms with van der Waals surface area (Å²) >= 11 is 0. The second-order valence-electron chi connectivity index (χ2n) is 5.20. The molecule has 0 fully saturated rings.